The van der Waals surface area contributed by atoms with Crippen molar-refractivity contribution in [3.05, 3.63) is 35.4 Å². The highest BCUT2D eigenvalue weighted by atomic mass is 127. The van der Waals surface area contributed by atoms with Crippen molar-refractivity contribution in [2.45, 2.75) is 17.3 Å². The van der Waals surface area contributed by atoms with Crippen LogP contribution in [-0.2, 0) is 10.4 Å². The molecule has 0 saturated carbocycles. The van der Waals surface area contributed by atoms with Gasteiger partial charge in [0.2, 0.25) is 0 Å². The van der Waals surface area contributed by atoms with Gasteiger partial charge < -0.3 is 0 Å². The highest BCUT2D eigenvalue weighted by molar-refractivity contribution is 14.1. The van der Waals surface area contributed by atoms with Crippen molar-refractivity contribution in [1.82, 2.24) is 0 Å². The van der Waals surface area contributed by atoms with Crippen LogP contribution < -0.4 is 0 Å². The molecule has 0 aliphatic carbocycles. The summed E-state index contributed by atoms with van der Waals surface area (Å²) in [6.07, 6.45) is 0.792. The van der Waals surface area contributed by atoms with Gasteiger partial charge in [0.15, 0.2) is 0 Å². The number of aryl methyl sites for hydroxylation is 1. The van der Waals surface area contributed by atoms with E-state index in [-0.39, 0.29) is 5.56 Å². The Labute approximate surface area is 84.1 Å². The van der Waals surface area contributed by atoms with Gasteiger partial charge in [0.25, 0.3) is 0 Å². The van der Waals surface area contributed by atoms with Crippen LogP contribution in [0.5, 0.6) is 0 Å². The Balaban J connectivity index is 3.02. The van der Waals surface area contributed by atoms with Crippen LogP contribution in [0.1, 0.15) is 18.1 Å². The van der Waals surface area contributed by atoms with E-state index in [0.717, 1.165) is 34.6 Å². The van der Waals surface area contributed by atoms with Gasteiger partial charge in [0.1, 0.15) is 0 Å². The van der Waals surface area contributed by atoms with Gasteiger partial charge in [-0.15, -0.1) is 0 Å². The molecule has 0 saturated heterocycles. The summed E-state index contributed by atoms with van der Waals surface area (Å²) in [5, 5.41) is 0. The van der Waals surface area contributed by atoms with Crippen LogP contribution in [0.25, 0.3) is 0 Å². The maximum absolute atomic E-state index is 12.8. The molecule has 3 heteroatoms. The summed E-state index contributed by atoms with van der Waals surface area (Å²) in [5.41, 5.74) is 1.03. The minimum Gasteiger partial charge on any atom is -0.189 e. The van der Waals surface area contributed by atoms with Gasteiger partial charge in [0.05, 0.1) is 0 Å². The van der Waals surface area contributed by atoms with E-state index in [1.165, 1.54) is 6.07 Å². The van der Waals surface area contributed by atoms with Crippen molar-refractivity contribution >= 4 is 22.6 Å². The van der Waals surface area contributed by atoms with Gasteiger partial charge in [-0.2, -0.15) is 8.78 Å². The Hall–Kier alpha value is -0.190. The highest BCUT2D eigenvalue weighted by Crippen LogP contribution is 2.35. The maximum Gasteiger partial charge on any atom is 0.321 e. The summed E-state index contributed by atoms with van der Waals surface area (Å²) in [5.74, 6) is 0. The zero-order valence-electron chi connectivity index (χ0n) is 6.65. The van der Waals surface area contributed by atoms with E-state index in [0.29, 0.717) is 0 Å². The normalized spacial score (nSPS) is 11.7. The van der Waals surface area contributed by atoms with Crippen molar-refractivity contribution < 1.29 is 8.78 Å². The monoisotopic (exact) mass is 282 g/mol. The summed E-state index contributed by atoms with van der Waals surface area (Å²) in [7, 11) is 0. The summed E-state index contributed by atoms with van der Waals surface area (Å²) >= 11 is 1.14. The van der Waals surface area contributed by atoms with Crippen molar-refractivity contribution in [1.29, 1.82) is 0 Å². The molecule has 0 spiro atoms. The molecular weight excluding hydrogens is 273 g/mol. The van der Waals surface area contributed by atoms with Crippen LogP contribution in [0, 0.1) is 0 Å². The van der Waals surface area contributed by atoms with Gasteiger partial charge in [-0.05, 0) is 18.1 Å². The zero-order chi connectivity index (χ0) is 9.19. The predicted molar refractivity (Wildman–Crippen MR) is 53.7 cm³/mol. The Morgan fingerprint density at radius 1 is 1.42 bits per heavy atom. The third-order valence-electron chi connectivity index (χ3n) is 1.66. The Bertz CT molecular complexity index is 265. The molecule has 1 rings (SSSR count). The molecule has 0 N–H and O–H groups in total. The molecule has 0 aromatic heterocycles. The van der Waals surface area contributed by atoms with Crippen molar-refractivity contribution in [2.75, 3.05) is 0 Å². The van der Waals surface area contributed by atoms with Crippen LogP contribution in [0.15, 0.2) is 24.3 Å². The summed E-state index contributed by atoms with van der Waals surface area (Å²) in [4.78, 5) is 0. The summed E-state index contributed by atoms with van der Waals surface area (Å²) in [6, 6.07) is 6.52. The molecule has 1 aromatic carbocycles. The number of halogens is 3. The van der Waals surface area contributed by atoms with Crippen molar-refractivity contribution in [3.63, 3.8) is 0 Å². The van der Waals surface area contributed by atoms with Crippen LogP contribution in [0.3, 0.4) is 0 Å². The summed E-state index contributed by atoms with van der Waals surface area (Å²) < 4.78 is 22.8. The first kappa shape index (κ1) is 9.89. The molecule has 0 heterocycles. The molecule has 12 heavy (non-hydrogen) atoms. The first-order valence-electron chi connectivity index (χ1n) is 3.70. The Morgan fingerprint density at radius 3 is 2.58 bits per heavy atom. The topological polar surface area (TPSA) is 0 Å². The smallest absolute Gasteiger partial charge is 0.189 e. The minimum atomic E-state index is -2.75. The standard InChI is InChI=1S/C9H9F2I/c1-2-7-4-3-5-8(6-7)9(10,11)12/h3-6H,2H2,1H3. The second-order valence-corrected chi connectivity index (χ2v) is 3.91. The molecule has 1 aromatic rings. The number of hydrogen-bond acceptors (Lipinski definition) is 0. The molecule has 0 unspecified atom stereocenters. The van der Waals surface area contributed by atoms with Crippen LogP contribution in [0.4, 0.5) is 8.78 Å². The Kier molecular flexibility index (Phi) is 3.04. The average Bonchev–Trinajstić information content (AvgIpc) is 2.03. The predicted octanol–water partition coefficient (Wildman–Crippen LogP) is 3.73. The largest absolute Gasteiger partial charge is 0.321 e. The van der Waals surface area contributed by atoms with Gasteiger partial charge in [0, 0.05) is 28.2 Å². The number of benzene rings is 1. The first-order chi connectivity index (χ1) is 5.54. The lowest BCUT2D eigenvalue weighted by Crippen LogP contribution is -2.02. The van der Waals surface area contributed by atoms with Crippen molar-refractivity contribution in [3.8, 4) is 0 Å². The third-order valence-corrected chi connectivity index (χ3v) is 2.29. The highest BCUT2D eigenvalue weighted by Gasteiger charge is 2.26. The minimum absolute atomic E-state index is 0.0856. The van der Waals surface area contributed by atoms with Gasteiger partial charge in [-0.25, -0.2) is 0 Å². The SMILES string of the molecule is CCc1cccc(C(F)(F)I)c1. The van der Waals surface area contributed by atoms with E-state index in [9.17, 15) is 8.78 Å². The molecular formula is C9H9F2I. The molecule has 0 radical (unpaired) electrons. The molecule has 0 aliphatic heterocycles. The second-order valence-electron chi connectivity index (χ2n) is 2.55. The van der Waals surface area contributed by atoms with Crippen LogP contribution >= 0.6 is 22.6 Å². The zero-order valence-corrected chi connectivity index (χ0v) is 8.81. The van der Waals surface area contributed by atoms with E-state index in [2.05, 4.69) is 0 Å². The maximum atomic E-state index is 12.8. The van der Waals surface area contributed by atoms with E-state index in [1.807, 2.05) is 13.0 Å². The molecule has 0 bridgehead atoms. The lowest BCUT2D eigenvalue weighted by molar-refractivity contribution is 0.127. The van der Waals surface area contributed by atoms with E-state index in [4.69, 9.17) is 0 Å². The number of hydrogen-bond donors (Lipinski definition) is 0. The van der Waals surface area contributed by atoms with Gasteiger partial charge in [-0.1, -0.05) is 25.1 Å². The Morgan fingerprint density at radius 2 is 2.08 bits per heavy atom. The lowest BCUT2D eigenvalue weighted by atomic mass is 10.1. The van der Waals surface area contributed by atoms with E-state index in [1.54, 1.807) is 12.1 Å². The van der Waals surface area contributed by atoms with Gasteiger partial charge >= 0.3 is 3.93 Å². The fourth-order valence-corrected chi connectivity index (χ4v) is 1.30. The average molecular weight is 282 g/mol. The van der Waals surface area contributed by atoms with Crippen LogP contribution in [0.2, 0.25) is 0 Å². The van der Waals surface area contributed by atoms with Gasteiger partial charge in [-0.3, -0.25) is 0 Å². The molecule has 0 nitrogen and oxygen atoms in total. The lowest BCUT2D eigenvalue weighted by Gasteiger charge is -2.09. The fourth-order valence-electron chi connectivity index (χ4n) is 0.968. The molecule has 0 atom stereocenters. The molecule has 0 amide bonds. The summed E-state index contributed by atoms with van der Waals surface area (Å²) in [6.45, 7) is 1.95. The number of rotatable bonds is 2. The quantitative estimate of drug-likeness (QED) is 0.572. The molecule has 0 aliphatic rings. The van der Waals surface area contributed by atoms with E-state index >= 15 is 0 Å². The van der Waals surface area contributed by atoms with E-state index < -0.39 is 3.93 Å². The fraction of sp³-hybridized carbons (Fsp3) is 0.333. The van der Waals surface area contributed by atoms with Crippen LogP contribution in [-0.4, -0.2) is 0 Å². The second kappa shape index (κ2) is 3.68. The van der Waals surface area contributed by atoms with Crippen molar-refractivity contribution in [2.24, 2.45) is 0 Å². The first-order valence-corrected chi connectivity index (χ1v) is 4.78. The number of alkyl halides is 3. The third kappa shape index (κ3) is 2.40. The molecule has 0 fully saturated rings. The molecule has 66 valence electrons.